The molecule has 138 valence electrons. The first kappa shape index (κ1) is 18.9. The van der Waals surface area contributed by atoms with Crippen molar-refractivity contribution in [2.24, 2.45) is 0 Å². The van der Waals surface area contributed by atoms with E-state index in [2.05, 4.69) is 67.3 Å². The molecule has 26 heavy (non-hydrogen) atoms. The van der Waals surface area contributed by atoms with Crippen LogP contribution in [0.4, 0.5) is 5.69 Å². The predicted molar refractivity (Wildman–Crippen MR) is 116 cm³/mol. The fourth-order valence-electron chi connectivity index (χ4n) is 3.29. The summed E-state index contributed by atoms with van der Waals surface area (Å²) >= 11 is 1.77. The number of thiazole rings is 1. The van der Waals surface area contributed by atoms with Gasteiger partial charge in [-0.2, -0.15) is 0 Å². The Bertz CT molecular complexity index is 748. The van der Waals surface area contributed by atoms with Crippen molar-refractivity contribution < 1.29 is 0 Å². The summed E-state index contributed by atoms with van der Waals surface area (Å²) in [5, 5.41) is 1.11. The van der Waals surface area contributed by atoms with Crippen LogP contribution in [0.15, 0.2) is 48.5 Å². The lowest BCUT2D eigenvalue weighted by Gasteiger charge is -2.25. The van der Waals surface area contributed by atoms with Crippen LogP contribution < -0.4 is 4.90 Å². The van der Waals surface area contributed by atoms with Gasteiger partial charge in [0.1, 0.15) is 5.01 Å². The van der Waals surface area contributed by atoms with Crippen LogP contribution in [0, 0.1) is 0 Å². The van der Waals surface area contributed by atoms with Crippen molar-refractivity contribution in [3.8, 4) is 10.6 Å². The van der Waals surface area contributed by atoms with E-state index in [1.165, 1.54) is 54.5 Å². The number of rotatable bonds is 10. The van der Waals surface area contributed by atoms with Gasteiger partial charge in [0.2, 0.25) is 0 Å². The molecule has 0 amide bonds. The van der Waals surface area contributed by atoms with Gasteiger partial charge in [0, 0.05) is 24.3 Å². The first-order chi connectivity index (χ1) is 12.8. The van der Waals surface area contributed by atoms with E-state index in [-0.39, 0.29) is 0 Å². The van der Waals surface area contributed by atoms with Gasteiger partial charge < -0.3 is 4.90 Å². The second-order valence-electron chi connectivity index (χ2n) is 6.93. The van der Waals surface area contributed by atoms with E-state index in [1.54, 1.807) is 11.3 Å². The molecule has 0 fully saturated rings. The molecule has 0 N–H and O–H groups in total. The van der Waals surface area contributed by atoms with Crippen LogP contribution >= 0.6 is 11.3 Å². The minimum atomic E-state index is 1.09. The van der Waals surface area contributed by atoms with Crippen LogP contribution in [0.5, 0.6) is 0 Å². The maximum atomic E-state index is 4.78. The van der Waals surface area contributed by atoms with Gasteiger partial charge in [0.05, 0.1) is 10.2 Å². The van der Waals surface area contributed by atoms with Gasteiger partial charge in [0.15, 0.2) is 0 Å². The third kappa shape index (κ3) is 4.85. The molecule has 3 rings (SSSR count). The number of unbranched alkanes of at least 4 members (excludes halogenated alkanes) is 4. The second-order valence-corrected chi connectivity index (χ2v) is 7.97. The summed E-state index contributed by atoms with van der Waals surface area (Å²) in [6.45, 7) is 6.87. The van der Waals surface area contributed by atoms with Crippen molar-refractivity contribution in [1.82, 2.24) is 4.98 Å². The van der Waals surface area contributed by atoms with Crippen molar-refractivity contribution in [1.29, 1.82) is 0 Å². The van der Waals surface area contributed by atoms with E-state index in [0.717, 1.165) is 23.6 Å². The lowest BCUT2D eigenvalue weighted by Crippen LogP contribution is -2.25. The minimum Gasteiger partial charge on any atom is -0.372 e. The van der Waals surface area contributed by atoms with E-state index in [4.69, 9.17) is 4.98 Å². The highest BCUT2D eigenvalue weighted by atomic mass is 32.1. The molecule has 2 nitrogen and oxygen atoms in total. The SMILES string of the molecule is CCCCCN(CCCCC)c1ccc(-c2nc3ccccc3s2)cc1. The number of anilines is 1. The number of hydrogen-bond donors (Lipinski definition) is 0. The van der Waals surface area contributed by atoms with Crippen molar-refractivity contribution >= 4 is 27.2 Å². The van der Waals surface area contributed by atoms with E-state index >= 15 is 0 Å². The number of nitrogens with zero attached hydrogens (tertiary/aromatic N) is 2. The maximum absolute atomic E-state index is 4.78. The Labute approximate surface area is 161 Å². The fraction of sp³-hybridized carbons (Fsp3) is 0.435. The van der Waals surface area contributed by atoms with Gasteiger partial charge in [-0.15, -0.1) is 11.3 Å². The number of para-hydroxylation sites is 1. The molecular weight excluding hydrogens is 336 g/mol. The highest BCUT2D eigenvalue weighted by Crippen LogP contribution is 2.31. The Kier molecular flexibility index (Phi) is 7.07. The minimum absolute atomic E-state index is 1.09. The lowest BCUT2D eigenvalue weighted by atomic mass is 10.1. The molecule has 0 saturated heterocycles. The largest absolute Gasteiger partial charge is 0.372 e. The highest BCUT2D eigenvalue weighted by Gasteiger charge is 2.09. The molecule has 0 unspecified atom stereocenters. The fourth-order valence-corrected chi connectivity index (χ4v) is 4.26. The monoisotopic (exact) mass is 366 g/mol. The van der Waals surface area contributed by atoms with Crippen LogP contribution in [0.1, 0.15) is 52.4 Å². The zero-order valence-electron chi connectivity index (χ0n) is 16.1. The zero-order chi connectivity index (χ0) is 18.2. The standard InChI is InChI=1S/C23H30N2S/c1-3-5-9-17-25(18-10-6-4-2)20-15-13-19(14-16-20)23-24-21-11-7-8-12-22(21)26-23/h7-8,11-16H,3-6,9-10,17-18H2,1-2H3. The molecule has 0 aliphatic heterocycles. The van der Waals surface area contributed by atoms with E-state index in [1.807, 2.05) is 0 Å². The first-order valence-corrected chi connectivity index (χ1v) is 10.8. The van der Waals surface area contributed by atoms with Crippen molar-refractivity contribution in [3.63, 3.8) is 0 Å². The second kappa shape index (κ2) is 9.72. The third-order valence-electron chi connectivity index (χ3n) is 4.84. The topological polar surface area (TPSA) is 16.1 Å². The number of aromatic nitrogens is 1. The predicted octanol–water partition coefficient (Wildman–Crippen LogP) is 7.15. The van der Waals surface area contributed by atoms with Crippen molar-refractivity contribution in [2.75, 3.05) is 18.0 Å². The molecule has 3 aromatic rings. The first-order valence-electron chi connectivity index (χ1n) is 10.0. The maximum Gasteiger partial charge on any atom is 0.124 e. The molecule has 0 spiro atoms. The number of fused-ring (bicyclic) bond motifs is 1. The molecule has 1 aromatic heterocycles. The Morgan fingerprint density at radius 3 is 2.08 bits per heavy atom. The van der Waals surface area contributed by atoms with Gasteiger partial charge in [-0.3, -0.25) is 0 Å². The summed E-state index contributed by atoms with van der Waals surface area (Å²) in [5.74, 6) is 0. The Morgan fingerprint density at radius 1 is 0.808 bits per heavy atom. The normalized spacial score (nSPS) is 11.2. The Hall–Kier alpha value is -1.87. The van der Waals surface area contributed by atoms with Crippen LogP contribution in [-0.4, -0.2) is 18.1 Å². The van der Waals surface area contributed by atoms with E-state index in [0.29, 0.717) is 0 Å². The van der Waals surface area contributed by atoms with Crippen LogP contribution in [0.2, 0.25) is 0 Å². The average Bonchev–Trinajstić information content (AvgIpc) is 3.11. The molecule has 1 heterocycles. The lowest BCUT2D eigenvalue weighted by molar-refractivity contribution is 0.636. The van der Waals surface area contributed by atoms with Gasteiger partial charge in [-0.25, -0.2) is 4.98 Å². The van der Waals surface area contributed by atoms with Crippen LogP contribution in [0.25, 0.3) is 20.8 Å². The summed E-state index contributed by atoms with van der Waals surface area (Å²) in [6.07, 6.45) is 7.74. The molecule has 0 bridgehead atoms. The smallest absolute Gasteiger partial charge is 0.124 e. The highest BCUT2D eigenvalue weighted by molar-refractivity contribution is 7.21. The summed E-state index contributed by atoms with van der Waals surface area (Å²) in [4.78, 5) is 7.35. The van der Waals surface area contributed by atoms with Gasteiger partial charge >= 0.3 is 0 Å². The molecule has 0 radical (unpaired) electrons. The quantitative estimate of drug-likeness (QED) is 0.354. The van der Waals surface area contributed by atoms with Crippen molar-refractivity contribution in [3.05, 3.63) is 48.5 Å². The van der Waals surface area contributed by atoms with Gasteiger partial charge in [-0.05, 0) is 49.2 Å². The number of hydrogen-bond acceptors (Lipinski definition) is 3. The molecule has 0 aliphatic rings. The average molecular weight is 367 g/mol. The van der Waals surface area contributed by atoms with Crippen LogP contribution in [-0.2, 0) is 0 Å². The zero-order valence-corrected chi connectivity index (χ0v) is 16.9. The molecule has 0 aliphatic carbocycles. The number of benzene rings is 2. The van der Waals surface area contributed by atoms with Crippen molar-refractivity contribution in [2.45, 2.75) is 52.4 Å². The Morgan fingerprint density at radius 2 is 1.46 bits per heavy atom. The molecule has 0 atom stereocenters. The van der Waals surface area contributed by atoms with E-state index in [9.17, 15) is 0 Å². The van der Waals surface area contributed by atoms with E-state index < -0.39 is 0 Å². The molecule has 3 heteroatoms. The Balaban J connectivity index is 1.74. The van der Waals surface area contributed by atoms with Crippen LogP contribution in [0.3, 0.4) is 0 Å². The molecule has 2 aromatic carbocycles. The summed E-state index contributed by atoms with van der Waals surface area (Å²) in [7, 11) is 0. The summed E-state index contributed by atoms with van der Waals surface area (Å²) in [5.41, 5.74) is 3.66. The summed E-state index contributed by atoms with van der Waals surface area (Å²) < 4.78 is 1.26. The molecular formula is C23H30N2S. The van der Waals surface area contributed by atoms with Gasteiger partial charge in [-0.1, -0.05) is 51.7 Å². The third-order valence-corrected chi connectivity index (χ3v) is 5.92. The summed E-state index contributed by atoms with van der Waals surface area (Å²) in [6, 6.07) is 17.4. The molecule has 0 saturated carbocycles. The van der Waals surface area contributed by atoms with Gasteiger partial charge in [0.25, 0.3) is 0 Å².